The van der Waals surface area contributed by atoms with Gasteiger partial charge in [0.1, 0.15) is 0 Å². The lowest BCUT2D eigenvalue weighted by Crippen LogP contribution is -2.39. The van der Waals surface area contributed by atoms with Crippen molar-refractivity contribution in [3.63, 3.8) is 0 Å². The van der Waals surface area contributed by atoms with Gasteiger partial charge in [0.05, 0.1) is 24.3 Å². The SMILES string of the molecule is Cc1cc2c(cn1)cc(-c1cc(NC(=O)c3cccc(C(F)(F)F)c3)ccc1C)c(=O)n2CCN1CCOCC1. The van der Waals surface area contributed by atoms with E-state index < -0.39 is 17.6 Å². The minimum Gasteiger partial charge on any atom is -0.379 e. The molecule has 0 bridgehead atoms. The molecule has 1 saturated heterocycles. The number of ether oxygens (including phenoxy) is 1. The Morgan fingerprint density at radius 2 is 1.77 bits per heavy atom. The predicted octanol–water partition coefficient (Wildman–Crippen LogP) is 5.28. The van der Waals surface area contributed by atoms with Crippen LogP contribution in [0.5, 0.6) is 0 Å². The van der Waals surface area contributed by atoms with Crippen molar-refractivity contribution in [1.82, 2.24) is 14.5 Å². The molecule has 1 N–H and O–H groups in total. The highest BCUT2D eigenvalue weighted by atomic mass is 19.4. The van der Waals surface area contributed by atoms with Crippen molar-refractivity contribution < 1.29 is 22.7 Å². The molecule has 7 nitrogen and oxygen atoms in total. The minimum absolute atomic E-state index is 0.116. The number of rotatable bonds is 6. The number of halogens is 3. The average molecular weight is 551 g/mol. The molecule has 0 atom stereocenters. The van der Waals surface area contributed by atoms with Crippen molar-refractivity contribution in [1.29, 1.82) is 0 Å². The van der Waals surface area contributed by atoms with Crippen molar-refractivity contribution >= 4 is 22.5 Å². The van der Waals surface area contributed by atoms with Crippen molar-refractivity contribution in [2.75, 3.05) is 38.2 Å². The van der Waals surface area contributed by atoms with Crippen LogP contribution in [0.4, 0.5) is 18.9 Å². The molecule has 0 aliphatic carbocycles. The summed E-state index contributed by atoms with van der Waals surface area (Å²) in [7, 11) is 0. The molecule has 5 rings (SSSR count). The van der Waals surface area contributed by atoms with E-state index in [9.17, 15) is 22.8 Å². The van der Waals surface area contributed by atoms with Crippen LogP contribution in [0.15, 0.2) is 65.6 Å². The highest BCUT2D eigenvalue weighted by Crippen LogP contribution is 2.30. The number of benzene rings is 2. The maximum atomic E-state index is 13.9. The molecule has 2 aromatic carbocycles. The lowest BCUT2D eigenvalue weighted by atomic mass is 9.99. The maximum Gasteiger partial charge on any atom is 0.416 e. The van der Waals surface area contributed by atoms with Gasteiger partial charge in [0.25, 0.3) is 11.5 Å². The van der Waals surface area contributed by atoms with Gasteiger partial charge in [-0.15, -0.1) is 0 Å². The van der Waals surface area contributed by atoms with Crippen molar-refractivity contribution in [2.24, 2.45) is 0 Å². The molecule has 1 aliphatic rings. The predicted molar refractivity (Wildman–Crippen MR) is 148 cm³/mol. The highest BCUT2D eigenvalue weighted by molar-refractivity contribution is 6.04. The Kier molecular flexibility index (Phi) is 7.73. The second kappa shape index (κ2) is 11.2. The average Bonchev–Trinajstić information content (AvgIpc) is 2.94. The van der Waals surface area contributed by atoms with E-state index in [1.54, 1.807) is 35.0 Å². The zero-order chi connectivity index (χ0) is 28.4. The molecule has 10 heteroatoms. The molecular weight excluding hydrogens is 521 g/mol. The molecule has 1 aliphatic heterocycles. The molecule has 2 aromatic heterocycles. The summed E-state index contributed by atoms with van der Waals surface area (Å²) in [6, 6.07) is 13.1. The zero-order valence-electron chi connectivity index (χ0n) is 22.2. The molecule has 0 radical (unpaired) electrons. The van der Waals surface area contributed by atoms with Gasteiger partial charge in [-0.1, -0.05) is 12.1 Å². The monoisotopic (exact) mass is 550 g/mol. The number of hydrogen-bond acceptors (Lipinski definition) is 5. The fourth-order valence-corrected chi connectivity index (χ4v) is 4.88. The van der Waals surface area contributed by atoms with E-state index >= 15 is 0 Å². The summed E-state index contributed by atoms with van der Waals surface area (Å²) < 4.78 is 46.6. The van der Waals surface area contributed by atoms with Crippen molar-refractivity contribution in [2.45, 2.75) is 26.6 Å². The fourth-order valence-electron chi connectivity index (χ4n) is 4.88. The highest BCUT2D eigenvalue weighted by Gasteiger charge is 2.31. The molecule has 0 saturated carbocycles. The number of nitrogens with zero attached hydrogens (tertiary/aromatic N) is 3. The van der Waals surface area contributed by atoms with E-state index in [0.717, 1.165) is 47.4 Å². The first-order valence-electron chi connectivity index (χ1n) is 13.0. The number of alkyl halides is 3. The van der Waals surface area contributed by atoms with Crippen molar-refractivity contribution in [3.8, 4) is 11.1 Å². The van der Waals surface area contributed by atoms with E-state index in [2.05, 4.69) is 15.2 Å². The number of hydrogen-bond donors (Lipinski definition) is 1. The summed E-state index contributed by atoms with van der Waals surface area (Å²) in [5.41, 5.74) is 2.66. The van der Waals surface area contributed by atoms with Crippen LogP contribution in [0.2, 0.25) is 0 Å². The normalized spacial score (nSPS) is 14.4. The van der Waals surface area contributed by atoms with Gasteiger partial charge in [0, 0.05) is 60.3 Å². The number of carbonyl (C=O) groups is 1. The van der Waals surface area contributed by atoms with Crippen LogP contribution in [-0.2, 0) is 17.5 Å². The summed E-state index contributed by atoms with van der Waals surface area (Å²) in [6.45, 7) is 7.85. The Hall–Kier alpha value is -4.02. The summed E-state index contributed by atoms with van der Waals surface area (Å²) in [4.78, 5) is 33.4. The molecule has 3 heterocycles. The largest absolute Gasteiger partial charge is 0.416 e. The van der Waals surface area contributed by atoms with Gasteiger partial charge in [-0.3, -0.25) is 19.5 Å². The number of aromatic nitrogens is 2. The third kappa shape index (κ3) is 5.93. The molecule has 0 spiro atoms. The first kappa shape index (κ1) is 27.5. The zero-order valence-corrected chi connectivity index (χ0v) is 22.2. The Morgan fingerprint density at radius 3 is 2.52 bits per heavy atom. The number of pyridine rings is 2. The number of carbonyl (C=O) groups excluding carboxylic acids is 1. The Morgan fingerprint density at radius 1 is 1.00 bits per heavy atom. The van der Waals surface area contributed by atoms with Crippen LogP contribution in [0.25, 0.3) is 22.0 Å². The van der Waals surface area contributed by atoms with Gasteiger partial charge in [-0.05, 0) is 67.4 Å². The quantitative estimate of drug-likeness (QED) is 0.354. The molecular formula is C30H29F3N4O3. The van der Waals surface area contributed by atoms with E-state index in [-0.39, 0.29) is 11.1 Å². The van der Waals surface area contributed by atoms with Crippen LogP contribution in [0, 0.1) is 13.8 Å². The van der Waals surface area contributed by atoms with Crippen molar-refractivity contribution in [3.05, 3.63) is 93.5 Å². The molecule has 1 fully saturated rings. The topological polar surface area (TPSA) is 76.5 Å². The van der Waals surface area contributed by atoms with Crippen LogP contribution < -0.4 is 10.9 Å². The van der Waals surface area contributed by atoms with Gasteiger partial charge in [-0.25, -0.2) is 0 Å². The van der Waals surface area contributed by atoms with Gasteiger partial charge >= 0.3 is 6.18 Å². The molecule has 40 heavy (non-hydrogen) atoms. The molecule has 4 aromatic rings. The Labute approximate surface area is 229 Å². The van der Waals surface area contributed by atoms with Crippen LogP contribution in [0.1, 0.15) is 27.2 Å². The number of amides is 1. The standard InChI is InChI=1S/C30H29F3N4O3/c1-19-6-7-24(35-28(38)21-4-3-5-23(15-21)30(31,32)33)17-25(19)26-16-22-18-34-20(2)14-27(22)37(29(26)39)9-8-36-10-12-40-13-11-36/h3-7,14-18H,8-13H2,1-2H3,(H,35,38). The third-order valence-corrected chi connectivity index (χ3v) is 7.10. The molecule has 1 amide bonds. The van der Waals surface area contributed by atoms with Gasteiger partial charge in [-0.2, -0.15) is 13.2 Å². The summed E-state index contributed by atoms with van der Waals surface area (Å²) >= 11 is 0. The van der Waals surface area contributed by atoms with Crippen LogP contribution >= 0.6 is 0 Å². The van der Waals surface area contributed by atoms with E-state index in [1.807, 2.05) is 19.9 Å². The van der Waals surface area contributed by atoms with E-state index in [4.69, 9.17) is 4.74 Å². The summed E-state index contributed by atoms with van der Waals surface area (Å²) in [5, 5.41) is 3.48. The Balaban J connectivity index is 1.50. The van der Waals surface area contributed by atoms with Gasteiger partial charge < -0.3 is 14.6 Å². The van der Waals surface area contributed by atoms with Crippen LogP contribution in [0.3, 0.4) is 0 Å². The first-order chi connectivity index (χ1) is 19.1. The fraction of sp³-hybridized carbons (Fsp3) is 0.300. The Bertz CT molecular complexity index is 1630. The first-order valence-corrected chi connectivity index (χ1v) is 13.0. The number of fused-ring (bicyclic) bond motifs is 1. The van der Waals surface area contributed by atoms with E-state index in [0.29, 0.717) is 43.1 Å². The minimum atomic E-state index is -4.56. The number of aryl methyl sites for hydroxylation is 2. The third-order valence-electron chi connectivity index (χ3n) is 7.10. The van der Waals surface area contributed by atoms with Gasteiger partial charge in [0.2, 0.25) is 0 Å². The second-order valence-electron chi connectivity index (χ2n) is 9.92. The maximum absolute atomic E-state index is 13.9. The smallest absolute Gasteiger partial charge is 0.379 e. The number of nitrogens with one attached hydrogen (secondary N) is 1. The number of morpholine rings is 1. The molecule has 208 valence electrons. The summed E-state index contributed by atoms with van der Waals surface area (Å²) in [6.07, 6.45) is -2.81. The summed E-state index contributed by atoms with van der Waals surface area (Å²) in [5.74, 6) is -0.679. The van der Waals surface area contributed by atoms with Crippen LogP contribution in [-0.4, -0.2) is 53.2 Å². The lowest BCUT2D eigenvalue weighted by molar-refractivity contribution is -0.137. The van der Waals surface area contributed by atoms with Gasteiger partial charge in [0.15, 0.2) is 0 Å². The molecule has 0 unspecified atom stereocenters. The second-order valence-corrected chi connectivity index (χ2v) is 9.92. The number of anilines is 1. The lowest BCUT2D eigenvalue weighted by Gasteiger charge is -2.27. The van der Waals surface area contributed by atoms with E-state index in [1.165, 1.54) is 12.1 Å².